The summed E-state index contributed by atoms with van der Waals surface area (Å²) >= 11 is 1.82. The maximum absolute atomic E-state index is 9.46. The number of para-hydroxylation sites is 2. The Kier molecular flexibility index (Phi) is 5.93. The van der Waals surface area contributed by atoms with Crippen molar-refractivity contribution in [2.45, 2.75) is 0 Å². The normalized spacial score (nSPS) is 12.2. The summed E-state index contributed by atoms with van der Waals surface area (Å²) < 4.78 is 27.8. The minimum absolute atomic E-state index is 0.262. The summed E-state index contributed by atoms with van der Waals surface area (Å²) in [4.78, 5) is 2.07. The molecular weight excluding hydrogens is 615 g/mol. The molecule has 0 saturated carbocycles. The molecule has 230 valence electrons. The first-order valence-corrected chi connectivity index (χ1v) is 17.2. The van der Waals surface area contributed by atoms with Gasteiger partial charge in [-0.1, -0.05) is 127 Å². The molecule has 10 rings (SSSR count). The summed E-state index contributed by atoms with van der Waals surface area (Å²) in [7, 11) is 0. The highest BCUT2D eigenvalue weighted by Gasteiger charge is 2.17. The van der Waals surface area contributed by atoms with Gasteiger partial charge in [0.05, 0.1) is 8.43 Å². The molecule has 8 aromatic carbocycles. The van der Waals surface area contributed by atoms with E-state index in [9.17, 15) is 2.74 Å². The van der Waals surface area contributed by atoms with Crippen LogP contribution in [0.5, 0.6) is 0 Å². The second-order valence-electron chi connectivity index (χ2n) is 12.4. The molecule has 0 fully saturated rings. The lowest BCUT2D eigenvalue weighted by molar-refractivity contribution is 0.670. The molecule has 0 aliphatic rings. The fourth-order valence-corrected chi connectivity index (χ4v) is 8.28. The zero-order chi connectivity index (χ0) is 34.1. The van der Waals surface area contributed by atoms with E-state index in [-0.39, 0.29) is 12.1 Å². The average Bonchev–Trinajstić information content (AvgIpc) is 3.74. The summed E-state index contributed by atoms with van der Waals surface area (Å²) in [6.45, 7) is 0. The second kappa shape index (κ2) is 11.2. The number of anilines is 3. The Balaban J connectivity index is 1.11. The van der Waals surface area contributed by atoms with Crippen molar-refractivity contribution in [2.75, 3.05) is 4.90 Å². The molecule has 0 saturated heterocycles. The van der Waals surface area contributed by atoms with Crippen LogP contribution < -0.4 is 4.90 Å². The van der Waals surface area contributed by atoms with Crippen LogP contribution in [0.1, 0.15) is 2.74 Å². The maximum atomic E-state index is 9.46. The largest absolute Gasteiger partial charge is 0.455 e. The zero-order valence-corrected chi connectivity index (χ0v) is 27.2. The Morgan fingerprint density at radius 1 is 0.469 bits per heavy atom. The molecule has 2 aromatic heterocycles. The number of benzene rings is 8. The molecule has 49 heavy (non-hydrogen) atoms. The Hall–Kier alpha value is -6.16. The van der Waals surface area contributed by atoms with Crippen molar-refractivity contribution in [1.82, 2.24) is 0 Å². The number of hydrogen-bond acceptors (Lipinski definition) is 3. The topological polar surface area (TPSA) is 16.4 Å². The Labute approximate surface area is 290 Å². The number of nitrogens with zero attached hydrogens (tertiary/aromatic N) is 1. The van der Waals surface area contributed by atoms with Gasteiger partial charge in [0.25, 0.3) is 0 Å². The van der Waals surface area contributed by atoms with Crippen LogP contribution in [0.3, 0.4) is 0 Å². The number of thiophene rings is 1. The summed E-state index contributed by atoms with van der Waals surface area (Å²) in [5, 5.41) is 6.80. The molecule has 10 aromatic rings. The van der Waals surface area contributed by atoms with E-state index in [2.05, 4.69) is 108 Å². The van der Waals surface area contributed by atoms with Gasteiger partial charge in [0.15, 0.2) is 0 Å². The average molecular weight is 646 g/mol. The van der Waals surface area contributed by atoms with Crippen molar-refractivity contribution in [1.29, 1.82) is 0 Å². The lowest BCUT2D eigenvalue weighted by Crippen LogP contribution is -2.10. The van der Waals surface area contributed by atoms with E-state index in [1.54, 1.807) is 0 Å². The van der Waals surface area contributed by atoms with Crippen molar-refractivity contribution in [3.8, 4) is 22.3 Å². The molecule has 0 N–H and O–H groups in total. The molecule has 0 bridgehead atoms. The third-order valence-corrected chi connectivity index (χ3v) is 10.6. The molecule has 0 aliphatic carbocycles. The van der Waals surface area contributed by atoms with Crippen LogP contribution in [0.4, 0.5) is 17.1 Å². The van der Waals surface area contributed by atoms with Crippen LogP contribution in [0, 0.1) is 0 Å². The standard InChI is InChI=1S/C46H29NOS/c1-2-11-36-31(9-1)10-7-16-42(36)47(34-24-19-30(20-25-34)33-23-28-40-39-13-4-6-18-44(39)49-45(40)29-33)35-26-21-32(22-27-35)37-14-8-15-41-38-12-3-5-17-43(38)48-46(37)41/h1-29H/i26D,27D. The number of fused-ring (bicyclic) bond motifs is 7. The fourth-order valence-electron chi connectivity index (χ4n) is 7.14. The van der Waals surface area contributed by atoms with Crippen LogP contribution in [0.2, 0.25) is 0 Å². The van der Waals surface area contributed by atoms with E-state index in [4.69, 9.17) is 4.42 Å². The molecule has 0 unspecified atom stereocenters. The van der Waals surface area contributed by atoms with E-state index < -0.39 is 0 Å². The smallest absolute Gasteiger partial charge is 0.143 e. The van der Waals surface area contributed by atoms with Crippen LogP contribution >= 0.6 is 11.3 Å². The van der Waals surface area contributed by atoms with Gasteiger partial charge in [-0.25, -0.2) is 0 Å². The van der Waals surface area contributed by atoms with Gasteiger partial charge in [0.2, 0.25) is 0 Å². The first kappa shape index (κ1) is 25.9. The van der Waals surface area contributed by atoms with Crippen LogP contribution in [-0.4, -0.2) is 0 Å². The summed E-state index contributed by atoms with van der Waals surface area (Å²) in [5.41, 5.74) is 7.83. The lowest BCUT2D eigenvalue weighted by Gasteiger charge is -2.27. The van der Waals surface area contributed by atoms with Gasteiger partial charge in [-0.15, -0.1) is 11.3 Å². The van der Waals surface area contributed by atoms with Crippen LogP contribution in [-0.2, 0) is 0 Å². The molecule has 2 nitrogen and oxygen atoms in total. The highest BCUT2D eigenvalue weighted by Crippen LogP contribution is 2.42. The predicted molar refractivity (Wildman–Crippen MR) is 210 cm³/mol. The fraction of sp³-hybridized carbons (Fsp3) is 0. The van der Waals surface area contributed by atoms with E-state index >= 15 is 0 Å². The quantitative estimate of drug-likeness (QED) is 0.185. The lowest BCUT2D eigenvalue weighted by atomic mass is 10.0. The molecule has 0 radical (unpaired) electrons. The minimum Gasteiger partial charge on any atom is -0.455 e. The molecule has 0 amide bonds. The second-order valence-corrected chi connectivity index (χ2v) is 13.4. The molecule has 0 atom stereocenters. The summed E-state index contributed by atoms with van der Waals surface area (Å²) in [6, 6.07) is 56.7. The first-order chi connectivity index (χ1) is 25.1. The third-order valence-electron chi connectivity index (χ3n) is 9.51. The van der Waals surface area contributed by atoms with Gasteiger partial charge in [0, 0.05) is 53.3 Å². The van der Waals surface area contributed by atoms with E-state index in [0.717, 1.165) is 66.3 Å². The first-order valence-electron chi connectivity index (χ1n) is 17.4. The monoisotopic (exact) mass is 645 g/mol. The highest BCUT2D eigenvalue weighted by atomic mass is 32.1. The highest BCUT2D eigenvalue weighted by molar-refractivity contribution is 7.25. The summed E-state index contributed by atoms with van der Waals surface area (Å²) in [6.07, 6.45) is 0. The Morgan fingerprint density at radius 2 is 1.14 bits per heavy atom. The Bertz CT molecular complexity index is 2930. The van der Waals surface area contributed by atoms with Gasteiger partial charge in [-0.3, -0.25) is 0 Å². The van der Waals surface area contributed by atoms with Gasteiger partial charge < -0.3 is 9.32 Å². The van der Waals surface area contributed by atoms with Crippen LogP contribution in [0.25, 0.3) is 75.1 Å². The summed E-state index contributed by atoms with van der Waals surface area (Å²) in [5.74, 6) is 0. The van der Waals surface area contributed by atoms with Crippen molar-refractivity contribution in [2.24, 2.45) is 0 Å². The minimum atomic E-state index is 0.262. The predicted octanol–water partition coefficient (Wildman–Crippen LogP) is 13.9. The molecular formula is C46H29NOS. The number of hydrogen-bond donors (Lipinski definition) is 0. The third kappa shape index (κ3) is 4.62. The van der Waals surface area contributed by atoms with Crippen molar-refractivity contribution in [3.05, 3.63) is 176 Å². The molecule has 0 aliphatic heterocycles. The molecule has 2 heterocycles. The van der Waals surface area contributed by atoms with E-state index in [1.165, 1.54) is 20.2 Å². The Morgan fingerprint density at radius 3 is 2.02 bits per heavy atom. The van der Waals surface area contributed by atoms with E-state index in [0.29, 0.717) is 5.69 Å². The molecule has 0 spiro atoms. The van der Waals surface area contributed by atoms with Gasteiger partial charge in [-0.2, -0.15) is 0 Å². The number of rotatable bonds is 5. The van der Waals surface area contributed by atoms with Crippen molar-refractivity contribution in [3.63, 3.8) is 0 Å². The van der Waals surface area contributed by atoms with Crippen LogP contribution in [0.15, 0.2) is 180 Å². The molecule has 3 heteroatoms. The van der Waals surface area contributed by atoms with Gasteiger partial charge in [0.1, 0.15) is 11.2 Å². The van der Waals surface area contributed by atoms with Crippen molar-refractivity contribution < 1.29 is 7.16 Å². The maximum Gasteiger partial charge on any atom is 0.143 e. The SMILES string of the molecule is [2H]c1cc(-c2cccc3c2oc2ccccc23)cc([2H])c1N(c1ccc(-c2ccc3c(c2)sc2ccccc23)cc1)c1cccc2ccccc12. The van der Waals surface area contributed by atoms with Gasteiger partial charge in [-0.05, 0) is 70.6 Å². The van der Waals surface area contributed by atoms with E-state index in [1.807, 2.05) is 72.0 Å². The zero-order valence-electron chi connectivity index (χ0n) is 28.4. The number of furan rings is 1. The van der Waals surface area contributed by atoms with Gasteiger partial charge >= 0.3 is 0 Å². The van der Waals surface area contributed by atoms with Crippen molar-refractivity contribution >= 4 is 81.3 Å².